The normalized spacial score (nSPS) is 21.4. The van der Waals surface area contributed by atoms with E-state index in [9.17, 15) is 9.59 Å². The average molecular weight is 371 g/mol. The first-order chi connectivity index (χ1) is 13.1. The first-order valence-corrected chi connectivity index (χ1v) is 10.0. The maximum absolute atomic E-state index is 12.7. The van der Waals surface area contributed by atoms with Gasteiger partial charge >= 0.3 is 0 Å². The van der Waals surface area contributed by atoms with Gasteiger partial charge in [-0.05, 0) is 42.5 Å². The van der Waals surface area contributed by atoms with Crippen molar-refractivity contribution in [3.8, 4) is 0 Å². The highest BCUT2D eigenvalue weighted by Gasteiger charge is 2.30. The zero-order chi connectivity index (χ0) is 18.8. The van der Waals surface area contributed by atoms with Gasteiger partial charge in [0.2, 0.25) is 5.91 Å². The molecule has 7 nitrogen and oxygen atoms in total. The van der Waals surface area contributed by atoms with Crippen molar-refractivity contribution in [3.05, 3.63) is 34.9 Å². The van der Waals surface area contributed by atoms with Crippen LogP contribution < -0.4 is 11.3 Å². The molecule has 0 bridgehead atoms. The lowest BCUT2D eigenvalue weighted by Gasteiger charge is -2.43. The van der Waals surface area contributed by atoms with E-state index >= 15 is 0 Å². The molecule has 0 radical (unpaired) electrons. The molecule has 1 aliphatic carbocycles. The molecule has 0 spiro atoms. The van der Waals surface area contributed by atoms with Crippen LogP contribution in [0.4, 0.5) is 0 Å². The van der Waals surface area contributed by atoms with E-state index < -0.39 is 0 Å². The zero-order valence-electron chi connectivity index (χ0n) is 15.8. The van der Waals surface area contributed by atoms with Gasteiger partial charge in [-0.1, -0.05) is 12.5 Å². The Morgan fingerprint density at radius 1 is 1.07 bits per heavy atom. The van der Waals surface area contributed by atoms with E-state index in [1.807, 2.05) is 17.0 Å². The molecule has 4 rings (SSSR count). The van der Waals surface area contributed by atoms with Crippen LogP contribution in [0.2, 0.25) is 0 Å². The molecule has 7 heteroatoms. The molecule has 146 valence electrons. The maximum Gasteiger partial charge on any atom is 0.265 e. The SMILES string of the molecule is NNC(=O)c1ccc2c(c1)CCN(CC(=O)N1CCN(C3CCC3)CC1)C2. The van der Waals surface area contributed by atoms with Crippen molar-refractivity contribution in [1.29, 1.82) is 0 Å². The summed E-state index contributed by atoms with van der Waals surface area (Å²) in [4.78, 5) is 31.2. The minimum absolute atomic E-state index is 0.242. The topological polar surface area (TPSA) is 81.9 Å². The highest BCUT2D eigenvalue weighted by molar-refractivity contribution is 5.94. The number of nitrogens with zero attached hydrogens (tertiary/aromatic N) is 3. The number of carbonyl (C=O) groups is 2. The number of hydrogen-bond acceptors (Lipinski definition) is 5. The third-order valence-electron chi connectivity index (χ3n) is 6.31. The van der Waals surface area contributed by atoms with Crippen LogP contribution >= 0.6 is 0 Å². The lowest BCUT2D eigenvalue weighted by molar-refractivity contribution is -0.135. The van der Waals surface area contributed by atoms with Crippen molar-refractivity contribution in [2.75, 3.05) is 39.3 Å². The molecule has 0 atom stereocenters. The summed E-state index contributed by atoms with van der Waals surface area (Å²) in [6, 6.07) is 6.46. The second kappa shape index (κ2) is 7.96. The van der Waals surface area contributed by atoms with E-state index in [4.69, 9.17) is 5.84 Å². The summed E-state index contributed by atoms with van der Waals surface area (Å²) in [5, 5.41) is 0. The van der Waals surface area contributed by atoms with E-state index in [1.165, 1.54) is 30.4 Å². The summed E-state index contributed by atoms with van der Waals surface area (Å²) in [6.45, 7) is 5.83. The van der Waals surface area contributed by atoms with Crippen LogP contribution in [0.1, 0.15) is 40.7 Å². The molecule has 3 aliphatic rings. The largest absolute Gasteiger partial charge is 0.339 e. The number of carbonyl (C=O) groups excluding carboxylic acids is 2. The van der Waals surface area contributed by atoms with E-state index in [2.05, 4.69) is 15.2 Å². The number of hydrogen-bond donors (Lipinski definition) is 2. The lowest BCUT2D eigenvalue weighted by atomic mass is 9.91. The van der Waals surface area contributed by atoms with Crippen molar-refractivity contribution in [3.63, 3.8) is 0 Å². The Bertz CT molecular complexity index is 710. The lowest BCUT2D eigenvalue weighted by Crippen LogP contribution is -2.55. The maximum atomic E-state index is 12.7. The first kappa shape index (κ1) is 18.4. The molecule has 27 heavy (non-hydrogen) atoms. The molecule has 2 aliphatic heterocycles. The Hall–Kier alpha value is -1.96. The van der Waals surface area contributed by atoms with Crippen LogP contribution in [0.3, 0.4) is 0 Å². The highest BCUT2D eigenvalue weighted by Crippen LogP contribution is 2.25. The first-order valence-electron chi connectivity index (χ1n) is 10.0. The van der Waals surface area contributed by atoms with E-state index in [0.29, 0.717) is 12.1 Å². The smallest absolute Gasteiger partial charge is 0.265 e. The fourth-order valence-corrected chi connectivity index (χ4v) is 4.35. The van der Waals surface area contributed by atoms with Gasteiger partial charge in [0.25, 0.3) is 5.91 Å². The average Bonchev–Trinajstić information content (AvgIpc) is 2.66. The summed E-state index contributed by atoms with van der Waals surface area (Å²) in [5.41, 5.74) is 5.13. The minimum atomic E-state index is -0.267. The summed E-state index contributed by atoms with van der Waals surface area (Å²) < 4.78 is 0. The number of piperazine rings is 1. The zero-order valence-corrected chi connectivity index (χ0v) is 15.8. The van der Waals surface area contributed by atoms with Crippen LogP contribution in [-0.4, -0.2) is 71.8 Å². The van der Waals surface area contributed by atoms with Gasteiger partial charge in [0, 0.05) is 50.9 Å². The highest BCUT2D eigenvalue weighted by atomic mass is 16.2. The summed E-state index contributed by atoms with van der Waals surface area (Å²) in [5.74, 6) is 5.19. The van der Waals surface area contributed by atoms with Crippen molar-refractivity contribution < 1.29 is 9.59 Å². The number of nitrogen functional groups attached to an aromatic ring is 1. The second-order valence-electron chi connectivity index (χ2n) is 7.92. The Morgan fingerprint density at radius 3 is 2.52 bits per heavy atom. The number of fused-ring (bicyclic) bond motifs is 1. The number of hydrazine groups is 1. The quantitative estimate of drug-likeness (QED) is 0.453. The van der Waals surface area contributed by atoms with Crippen LogP contribution in [0.5, 0.6) is 0 Å². The number of rotatable bonds is 4. The predicted octanol–water partition coefficient (Wildman–Crippen LogP) is 0.345. The van der Waals surface area contributed by atoms with E-state index in [0.717, 1.165) is 51.7 Å². The van der Waals surface area contributed by atoms with Gasteiger partial charge in [-0.2, -0.15) is 0 Å². The van der Waals surface area contributed by atoms with E-state index in [-0.39, 0.29) is 11.8 Å². The van der Waals surface area contributed by atoms with Gasteiger partial charge in [-0.15, -0.1) is 0 Å². The van der Waals surface area contributed by atoms with Gasteiger partial charge < -0.3 is 4.90 Å². The third kappa shape index (κ3) is 4.00. The molecule has 2 fully saturated rings. The molecule has 1 saturated carbocycles. The summed E-state index contributed by atoms with van der Waals surface area (Å²) in [7, 11) is 0. The summed E-state index contributed by atoms with van der Waals surface area (Å²) >= 11 is 0. The molecule has 1 aromatic rings. The second-order valence-corrected chi connectivity index (χ2v) is 7.92. The van der Waals surface area contributed by atoms with Crippen molar-refractivity contribution >= 4 is 11.8 Å². The van der Waals surface area contributed by atoms with Crippen molar-refractivity contribution in [2.24, 2.45) is 5.84 Å². The molecule has 1 aromatic carbocycles. The predicted molar refractivity (Wildman–Crippen MR) is 103 cm³/mol. The number of amides is 2. The van der Waals surface area contributed by atoms with E-state index in [1.54, 1.807) is 6.07 Å². The fraction of sp³-hybridized carbons (Fsp3) is 0.600. The number of nitrogens with one attached hydrogen (secondary N) is 1. The molecule has 3 N–H and O–H groups in total. The Balaban J connectivity index is 1.29. The molecule has 2 amide bonds. The van der Waals surface area contributed by atoms with Crippen LogP contribution in [0.25, 0.3) is 0 Å². The van der Waals surface area contributed by atoms with Gasteiger partial charge in [-0.25, -0.2) is 5.84 Å². The monoisotopic (exact) mass is 371 g/mol. The van der Waals surface area contributed by atoms with Gasteiger partial charge in [0.15, 0.2) is 0 Å². The Morgan fingerprint density at radius 2 is 1.85 bits per heavy atom. The summed E-state index contributed by atoms with van der Waals surface area (Å²) in [6.07, 6.45) is 4.87. The Kier molecular flexibility index (Phi) is 5.43. The van der Waals surface area contributed by atoms with Gasteiger partial charge in [0.05, 0.1) is 6.54 Å². The number of nitrogens with two attached hydrogens (primary N) is 1. The molecule has 2 heterocycles. The molecule has 0 aromatic heterocycles. The molecular formula is C20H29N5O2. The number of benzene rings is 1. The molecule has 1 saturated heterocycles. The van der Waals surface area contributed by atoms with Gasteiger partial charge in [-0.3, -0.25) is 24.8 Å². The minimum Gasteiger partial charge on any atom is -0.339 e. The van der Waals surface area contributed by atoms with Crippen LogP contribution in [0.15, 0.2) is 18.2 Å². The van der Waals surface area contributed by atoms with Crippen LogP contribution in [0, 0.1) is 0 Å². The van der Waals surface area contributed by atoms with Crippen molar-refractivity contribution in [2.45, 2.75) is 38.3 Å². The Labute approximate surface area is 160 Å². The van der Waals surface area contributed by atoms with Crippen LogP contribution in [-0.2, 0) is 17.8 Å². The molecular weight excluding hydrogens is 342 g/mol. The third-order valence-corrected chi connectivity index (χ3v) is 6.31. The standard InChI is InChI=1S/C20H29N5O2/c21-22-20(27)16-4-5-17-13-23(7-6-15(17)12-16)14-19(26)25-10-8-24(9-11-25)18-2-1-3-18/h4-5,12,18H,1-3,6-11,13-14,21H2,(H,22,27). The van der Waals surface area contributed by atoms with Crippen molar-refractivity contribution in [1.82, 2.24) is 20.1 Å². The van der Waals surface area contributed by atoms with Gasteiger partial charge in [0.1, 0.15) is 0 Å². The fourth-order valence-electron chi connectivity index (χ4n) is 4.35. The molecule has 0 unspecified atom stereocenters.